The smallest absolute Gasteiger partial charge is 0.194 e. The summed E-state index contributed by atoms with van der Waals surface area (Å²) >= 11 is 0. The Balaban J connectivity index is 2.07. The van der Waals surface area contributed by atoms with Crippen LogP contribution in [-0.4, -0.2) is 18.0 Å². The summed E-state index contributed by atoms with van der Waals surface area (Å²) in [7, 11) is 0. The molecule has 1 aromatic carbocycles. The Labute approximate surface area is 90.3 Å². The molecule has 1 aliphatic rings. The Morgan fingerprint density at radius 3 is 2.27 bits per heavy atom. The van der Waals surface area contributed by atoms with Crippen molar-refractivity contribution in [3.05, 3.63) is 35.9 Å². The number of rotatable bonds is 2. The van der Waals surface area contributed by atoms with Gasteiger partial charge in [-0.25, -0.2) is 0 Å². The number of carbonyl (C=O) groups excluding carboxylic acids is 1. The zero-order valence-electron chi connectivity index (χ0n) is 9.36. The Morgan fingerprint density at radius 1 is 1.20 bits per heavy atom. The van der Waals surface area contributed by atoms with Gasteiger partial charge in [-0.2, -0.15) is 0 Å². The average molecular weight is 204 g/mol. The molecule has 0 spiro atoms. The topological polar surface area (TPSA) is 29.6 Å². The first-order valence-corrected chi connectivity index (χ1v) is 5.25. The summed E-state index contributed by atoms with van der Waals surface area (Å²) < 4.78 is 5.45. The van der Waals surface area contributed by atoms with Crippen molar-refractivity contribution in [3.63, 3.8) is 0 Å². The van der Waals surface area contributed by atoms with Crippen LogP contribution in [0.2, 0.25) is 0 Å². The van der Waals surface area contributed by atoms with Crippen molar-refractivity contribution in [1.29, 1.82) is 0 Å². The van der Waals surface area contributed by atoms with Crippen molar-refractivity contribution in [2.75, 3.05) is 0 Å². The Morgan fingerprint density at radius 2 is 1.80 bits per heavy atom. The Kier molecular flexibility index (Phi) is 2.39. The average Bonchev–Trinajstić information content (AvgIpc) is 2.97. The molecule has 0 amide bonds. The van der Waals surface area contributed by atoms with Gasteiger partial charge in [0.25, 0.3) is 0 Å². The minimum Gasteiger partial charge on any atom is -0.360 e. The molecule has 0 radical (unpaired) electrons. The molecule has 2 rings (SSSR count). The molecule has 0 bridgehead atoms. The number of ether oxygens (including phenoxy) is 1. The van der Waals surface area contributed by atoms with Crippen LogP contribution >= 0.6 is 0 Å². The highest BCUT2D eigenvalue weighted by Crippen LogP contribution is 2.39. The van der Waals surface area contributed by atoms with Crippen LogP contribution in [0, 0.1) is 5.41 Å². The zero-order chi connectivity index (χ0) is 11.1. The van der Waals surface area contributed by atoms with E-state index in [4.69, 9.17) is 4.74 Å². The number of benzene rings is 1. The summed E-state index contributed by atoms with van der Waals surface area (Å²) in [6.07, 6.45) is -0.155. The highest BCUT2D eigenvalue weighted by Gasteiger charge is 2.51. The van der Waals surface area contributed by atoms with E-state index in [-0.39, 0.29) is 23.4 Å². The SMILES string of the molecule is CC(C)(C)C1OC1C(=O)c1ccccc1. The monoisotopic (exact) mass is 204 g/mol. The lowest BCUT2D eigenvalue weighted by molar-refractivity contribution is 0.0953. The van der Waals surface area contributed by atoms with Gasteiger partial charge in [-0.15, -0.1) is 0 Å². The van der Waals surface area contributed by atoms with Gasteiger partial charge in [-0.05, 0) is 5.41 Å². The van der Waals surface area contributed by atoms with Crippen LogP contribution in [0.15, 0.2) is 30.3 Å². The van der Waals surface area contributed by atoms with E-state index in [0.717, 1.165) is 5.56 Å². The van der Waals surface area contributed by atoms with Crippen LogP contribution in [0.25, 0.3) is 0 Å². The number of Topliss-reactive ketones (excluding diaryl/α,β-unsaturated/α-hetero) is 1. The van der Waals surface area contributed by atoms with E-state index in [1.165, 1.54) is 0 Å². The molecule has 0 aromatic heterocycles. The van der Waals surface area contributed by atoms with Gasteiger partial charge in [0.1, 0.15) is 6.10 Å². The van der Waals surface area contributed by atoms with Crippen LogP contribution in [0.1, 0.15) is 31.1 Å². The van der Waals surface area contributed by atoms with Crippen LogP contribution in [0.4, 0.5) is 0 Å². The summed E-state index contributed by atoms with van der Waals surface area (Å²) in [5.41, 5.74) is 0.795. The summed E-state index contributed by atoms with van der Waals surface area (Å²) in [6.45, 7) is 6.28. The van der Waals surface area contributed by atoms with E-state index in [2.05, 4.69) is 20.8 Å². The number of epoxide rings is 1. The molecule has 2 unspecified atom stereocenters. The summed E-state index contributed by atoms with van der Waals surface area (Å²) in [6, 6.07) is 9.34. The first kappa shape index (κ1) is 10.4. The second-order valence-electron chi connectivity index (χ2n) is 5.07. The maximum Gasteiger partial charge on any atom is 0.194 e. The van der Waals surface area contributed by atoms with Crippen molar-refractivity contribution < 1.29 is 9.53 Å². The molecule has 15 heavy (non-hydrogen) atoms. The van der Waals surface area contributed by atoms with Gasteiger partial charge in [0.05, 0.1) is 6.10 Å². The highest BCUT2D eigenvalue weighted by atomic mass is 16.6. The third-order valence-corrected chi connectivity index (χ3v) is 2.66. The number of carbonyl (C=O) groups is 1. The fraction of sp³-hybridized carbons (Fsp3) is 0.462. The lowest BCUT2D eigenvalue weighted by Crippen LogP contribution is -2.20. The minimum absolute atomic E-state index is 0.0507. The van der Waals surface area contributed by atoms with Crippen molar-refractivity contribution in [2.45, 2.75) is 33.0 Å². The number of hydrogen-bond donors (Lipinski definition) is 0. The van der Waals surface area contributed by atoms with Crippen molar-refractivity contribution in [1.82, 2.24) is 0 Å². The van der Waals surface area contributed by atoms with Gasteiger partial charge < -0.3 is 4.74 Å². The molecule has 1 saturated heterocycles. The van der Waals surface area contributed by atoms with Gasteiger partial charge in [0.2, 0.25) is 0 Å². The number of ketones is 1. The molecule has 1 heterocycles. The molecule has 0 saturated carbocycles. The van der Waals surface area contributed by atoms with Crippen molar-refractivity contribution >= 4 is 5.78 Å². The molecule has 0 N–H and O–H groups in total. The standard InChI is InChI=1S/C13H16O2/c1-13(2,3)12-11(15-12)10(14)9-7-5-4-6-8-9/h4-8,11-12H,1-3H3. The Bertz CT molecular complexity index is 362. The van der Waals surface area contributed by atoms with Gasteiger partial charge in [-0.1, -0.05) is 51.1 Å². The molecule has 1 fully saturated rings. The molecule has 0 aliphatic carbocycles. The third kappa shape index (κ3) is 2.10. The van der Waals surface area contributed by atoms with E-state index in [1.807, 2.05) is 30.3 Å². The Hall–Kier alpha value is -1.15. The molecule has 2 nitrogen and oxygen atoms in total. The van der Waals surface area contributed by atoms with Crippen molar-refractivity contribution in [2.24, 2.45) is 5.41 Å². The van der Waals surface area contributed by atoms with E-state index in [1.54, 1.807) is 0 Å². The second kappa shape index (κ2) is 3.46. The molecule has 80 valence electrons. The maximum atomic E-state index is 11.9. The molecular formula is C13H16O2. The maximum absolute atomic E-state index is 11.9. The first-order valence-electron chi connectivity index (χ1n) is 5.25. The summed E-state index contributed by atoms with van der Waals surface area (Å²) in [5, 5.41) is 0. The molecule has 1 aromatic rings. The molecule has 1 aliphatic heterocycles. The fourth-order valence-electron chi connectivity index (χ4n) is 1.74. The van der Waals surface area contributed by atoms with Crippen LogP contribution < -0.4 is 0 Å². The lowest BCUT2D eigenvalue weighted by Gasteiger charge is -2.13. The molecule has 2 heteroatoms. The van der Waals surface area contributed by atoms with Crippen molar-refractivity contribution in [3.8, 4) is 0 Å². The van der Waals surface area contributed by atoms with Gasteiger partial charge in [-0.3, -0.25) is 4.79 Å². The van der Waals surface area contributed by atoms with E-state index < -0.39 is 0 Å². The zero-order valence-corrected chi connectivity index (χ0v) is 9.36. The summed E-state index contributed by atoms with van der Waals surface area (Å²) in [4.78, 5) is 11.9. The molecule has 2 atom stereocenters. The van der Waals surface area contributed by atoms with E-state index >= 15 is 0 Å². The van der Waals surface area contributed by atoms with Gasteiger partial charge in [0, 0.05) is 5.56 Å². The van der Waals surface area contributed by atoms with E-state index in [9.17, 15) is 4.79 Å². The minimum atomic E-state index is -0.229. The second-order valence-corrected chi connectivity index (χ2v) is 5.07. The normalized spacial score (nSPS) is 25.0. The molecular weight excluding hydrogens is 188 g/mol. The van der Waals surface area contributed by atoms with Crippen LogP contribution in [0.3, 0.4) is 0 Å². The van der Waals surface area contributed by atoms with Gasteiger partial charge in [0.15, 0.2) is 5.78 Å². The fourth-order valence-corrected chi connectivity index (χ4v) is 1.74. The number of hydrogen-bond acceptors (Lipinski definition) is 2. The highest BCUT2D eigenvalue weighted by molar-refractivity contribution is 6.01. The van der Waals surface area contributed by atoms with Crippen LogP contribution in [0.5, 0.6) is 0 Å². The quantitative estimate of drug-likeness (QED) is 0.547. The largest absolute Gasteiger partial charge is 0.360 e. The van der Waals surface area contributed by atoms with Gasteiger partial charge >= 0.3 is 0 Å². The predicted molar refractivity (Wildman–Crippen MR) is 58.9 cm³/mol. The first-order chi connectivity index (χ1) is 7.00. The predicted octanol–water partition coefficient (Wildman–Crippen LogP) is 2.68. The lowest BCUT2D eigenvalue weighted by atomic mass is 9.88. The van der Waals surface area contributed by atoms with E-state index in [0.29, 0.717) is 0 Å². The van der Waals surface area contributed by atoms with Crippen LogP contribution in [-0.2, 0) is 4.74 Å². The summed E-state index contributed by atoms with van der Waals surface area (Å²) in [5.74, 6) is 0.107. The third-order valence-electron chi connectivity index (χ3n) is 2.66.